The van der Waals surface area contributed by atoms with E-state index in [0.717, 1.165) is 0 Å². The third-order valence-electron chi connectivity index (χ3n) is 4.85. The van der Waals surface area contributed by atoms with Crippen LogP contribution >= 0.6 is 11.3 Å². The molecule has 0 nitrogen and oxygen atoms in total. The molecule has 1 heterocycles. The second-order valence-corrected chi connectivity index (χ2v) is 8.26. The Bertz CT molecular complexity index is 903. The van der Waals surface area contributed by atoms with Gasteiger partial charge in [0.05, 0.1) is 0 Å². The Morgan fingerprint density at radius 1 is 0.407 bits per heavy atom. The van der Waals surface area contributed by atoms with Crippen LogP contribution in [0.2, 0.25) is 0 Å². The van der Waals surface area contributed by atoms with E-state index in [1.807, 2.05) is 11.3 Å². The van der Waals surface area contributed by atoms with Crippen molar-refractivity contribution in [2.75, 3.05) is 0 Å². The lowest BCUT2D eigenvalue weighted by molar-refractivity contribution is 1.46. The number of rotatable bonds is 3. The predicted molar refractivity (Wildman–Crippen MR) is 119 cm³/mol. The van der Waals surface area contributed by atoms with Crippen molar-refractivity contribution < 1.29 is 0 Å². The highest BCUT2D eigenvalue weighted by Gasteiger charge is 2.19. The summed E-state index contributed by atoms with van der Waals surface area (Å²) in [6.45, 7) is 6.40. The smallest absolute Gasteiger partial charge is 0.0587 e. The Morgan fingerprint density at radius 2 is 0.741 bits per heavy atom. The first-order valence-electron chi connectivity index (χ1n) is 9.28. The van der Waals surface area contributed by atoms with Crippen LogP contribution in [0.4, 0.5) is 0 Å². The fraction of sp³-hybridized carbons (Fsp3) is 0.115. The zero-order chi connectivity index (χ0) is 18.8. The zero-order valence-electron chi connectivity index (χ0n) is 16.0. The topological polar surface area (TPSA) is 0 Å². The molecule has 0 aliphatic rings. The maximum absolute atomic E-state index is 2.32. The lowest BCUT2D eigenvalue weighted by atomic mass is 10.0. The Kier molecular flexibility index (Phi) is 4.87. The summed E-state index contributed by atoms with van der Waals surface area (Å²) in [6, 6.07) is 31.1. The van der Waals surface area contributed by atoms with Crippen molar-refractivity contribution in [3.05, 3.63) is 102 Å². The molecule has 1 heteroatoms. The molecule has 0 aliphatic heterocycles. The molecule has 0 N–H and O–H groups in total. The average molecular weight is 368 g/mol. The molecule has 0 saturated heterocycles. The normalized spacial score (nSPS) is 10.8. The molecule has 3 aromatic carbocycles. The van der Waals surface area contributed by atoms with Gasteiger partial charge in [-0.2, -0.15) is 0 Å². The van der Waals surface area contributed by atoms with Crippen molar-refractivity contribution in [2.45, 2.75) is 20.8 Å². The third kappa shape index (κ3) is 3.99. The second kappa shape index (κ2) is 7.46. The van der Waals surface area contributed by atoms with Gasteiger partial charge in [0.1, 0.15) is 0 Å². The Balaban J connectivity index is 1.89. The summed E-state index contributed by atoms with van der Waals surface area (Å²) in [5, 5.41) is 0. The van der Waals surface area contributed by atoms with Gasteiger partial charge >= 0.3 is 0 Å². The Morgan fingerprint density at radius 3 is 1.11 bits per heavy atom. The minimum Gasteiger partial charge on any atom is -0.0587 e. The molecule has 0 saturated carbocycles. The minimum atomic E-state index is 1.26. The highest BCUT2D eigenvalue weighted by atomic mass is 32.1. The molecular formula is C26H23S+. The molecule has 0 fully saturated rings. The summed E-state index contributed by atoms with van der Waals surface area (Å²) in [4.78, 5) is 2.59. The molecule has 0 radical (unpaired) electrons. The van der Waals surface area contributed by atoms with E-state index in [2.05, 4.69) is 106 Å². The van der Waals surface area contributed by atoms with Gasteiger partial charge in [0.25, 0.3) is 0 Å². The van der Waals surface area contributed by atoms with Gasteiger partial charge in [-0.05, 0) is 56.2 Å². The highest BCUT2D eigenvalue weighted by molar-refractivity contribution is 7.18. The first kappa shape index (κ1) is 17.6. The molecular weight excluding hydrogens is 344 g/mol. The van der Waals surface area contributed by atoms with Crippen LogP contribution in [0.5, 0.6) is 0 Å². The molecule has 0 bridgehead atoms. The maximum Gasteiger partial charge on any atom is 0.239 e. The molecule has 4 rings (SSSR count). The number of aryl methyl sites for hydroxylation is 3. The van der Waals surface area contributed by atoms with Crippen LogP contribution in [0.25, 0.3) is 32.0 Å². The molecule has 4 aromatic rings. The number of hydrogen-bond donors (Lipinski definition) is 0. The van der Waals surface area contributed by atoms with E-state index in [1.165, 1.54) is 48.7 Å². The fourth-order valence-corrected chi connectivity index (χ4v) is 4.25. The van der Waals surface area contributed by atoms with Gasteiger partial charge in [0.2, 0.25) is 21.1 Å². The SMILES string of the molecule is Cc1ccc(-c2cc(-c3ccc(C)cc3)[s+]c(-c3ccc(C)cc3)c2)cc1. The summed E-state index contributed by atoms with van der Waals surface area (Å²) in [5.74, 6) is 0. The van der Waals surface area contributed by atoms with E-state index < -0.39 is 0 Å². The van der Waals surface area contributed by atoms with Gasteiger partial charge in [-0.15, -0.1) is 0 Å². The van der Waals surface area contributed by atoms with Gasteiger partial charge in [0.15, 0.2) is 0 Å². The van der Waals surface area contributed by atoms with E-state index in [0.29, 0.717) is 0 Å². The van der Waals surface area contributed by atoms with Crippen LogP contribution in [-0.4, -0.2) is 0 Å². The molecule has 0 spiro atoms. The molecule has 0 atom stereocenters. The lowest BCUT2D eigenvalue weighted by Gasteiger charge is -2.04. The highest BCUT2D eigenvalue weighted by Crippen LogP contribution is 2.37. The van der Waals surface area contributed by atoms with E-state index in [4.69, 9.17) is 0 Å². The van der Waals surface area contributed by atoms with Crippen molar-refractivity contribution in [3.63, 3.8) is 0 Å². The third-order valence-corrected chi connectivity index (χ3v) is 6.00. The van der Waals surface area contributed by atoms with Gasteiger partial charge in [-0.1, -0.05) is 65.2 Å². The van der Waals surface area contributed by atoms with Crippen LogP contribution in [0.1, 0.15) is 16.7 Å². The van der Waals surface area contributed by atoms with Gasteiger partial charge < -0.3 is 0 Å². The van der Waals surface area contributed by atoms with Crippen molar-refractivity contribution in [2.24, 2.45) is 0 Å². The molecule has 1 aromatic heterocycles. The molecule has 0 amide bonds. The van der Waals surface area contributed by atoms with Gasteiger partial charge in [-0.25, -0.2) is 0 Å². The number of benzene rings is 3. The molecule has 0 unspecified atom stereocenters. The first-order chi connectivity index (χ1) is 13.1. The van der Waals surface area contributed by atoms with Gasteiger partial charge in [-0.3, -0.25) is 0 Å². The van der Waals surface area contributed by atoms with Crippen LogP contribution < -0.4 is 0 Å². The van der Waals surface area contributed by atoms with Crippen molar-refractivity contribution in [3.8, 4) is 32.0 Å². The lowest BCUT2D eigenvalue weighted by Crippen LogP contribution is -1.84. The monoisotopic (exact) mass is 367 g/mol. The van der Waals surface area contributed by atoms with Crippen LogP contribution in [0.3, 0.4) is 0 Å². The summed E-state index contributed by atoms with van der Waals surface area (Å²) in [5.41, 5.74) is 8.93. The molecule has 27 heavy (non-hydrogen) atoms. The summed E-state index contributed by atoms with van der Waals surface area (Å²) in [6.07, 6.45) is 0. The standard InChI is InChI=1S/C26H23S/c1-18-4-10-21(11-5-18)24-16-25(22-12-6-19(2)7-13-22)27-26(17-24)23-14-8-20(3)9-15-23/h4-17H,1-3H3/q+1. The molecule has 132 valence electrons. The minimum absolute atomic E-state index is 1.26. The van der Waals surface area contributed by atoms with Crippen molar-refractivity contribution in [1.29, 1.82) is 0 Å². The predicted octanol–water partition coefficient (Wildman–Crippen LogP) is 7.96. The largest absolute Gasteiger partial charge is 0.239 e. The fourth-order valence-electron chi connectivity index (χ4n) is 3.13. The summed E-state index contributed by atoms with van der Waals surface area (Å²) >= 11 is 1.85. The zero-order valence-corrected chi connectivity index (χ0v) is 16.8. The van der Waals surface area contributed by atoms with E-state index >= 15 is 0 Å². The quantitative estimate of drug-likeness (QED) is 0.322. The second-order valence-electron chi connectivity index (χ2n) is 7.17. The van der Waals surface area contributed by atoms with E-state index in [1.54, 1.807) is 0 Å². The first-order valence-corrected chi connectivity index (χ1v) is 10.1. The Hall–Kier alpha value is -2.77. The van der Waals surface area contributed by atoms with Crippen LogP contribution in [0.15, 0.2) is 84.9 Å². The van der Waals surface area contributed by atoms with Crippen molar-refractivity contribution >= 4 is 11.3 Å². The molecule has 0 aliphatic carbocycles. The average Bonchev–Trinajstić information content (AvgIpc) is 2.69. The van der Waals surface area contributed by atoms with E-state index in [-0.39, 0.29) is 0 Å². The maximum atomic E-state index is 2.32. The van der Waals surface area contributed by atoms with Crippen molar-refractivity contribution in [1.82, 2.24) is 0 Å². The Labute approximate surface area is 165 Å². The summed E-state index contributed by atoms with van der Waals surface area (Å²) in [7, 11) is 0. The van der Waals surface area contributed by atoms with Crippen LogP contribution in [-0.2, 0) is 0 Å². The van der Waals surface area contributed by atoms with E-state index in [9.17, 15) is 0 Å². The van der Waals surface area contributed by atoms with Crippen LogP contribution in [0, 0.1) is 20.8 Å². The summed E-state index contributed by atoms with van der Waals surface area (Å²) < 4.78 is 0. The van der Waals surface area contributed by atoms with Gasteiger partial charge in [0, 0.05) is 23.3 Å². The number of hydrogen-bond acceptors (Lipinski definition) is 0.